The van der Waals surface area contributed by atoms with Crippen LogP contribution in [-0.4, -0.2) is 9.13 Å². The van der Waals surface area contributed by atoms with Gasteiger partial charge in [0.15, 0.2) is 0 Å². The van der Waals surface area contributed by atoms with E-state index in [2.05, 4.69) is 10.5 Å². The minimum Gasteiger partial charge on any atom is -0.305 e. The highest BCUT2D eigenvalue weighted by Crippen LogP contribution is 2.61. The Labute approximate surface area is 227 Å². The Hall–Kier alpha value is -3.93. The second kappa shape index (κ2) is 9.67. The van der Waals surface area contributed by atoms with E-state index in [1.165, 1.54) is 38.5 Å². The number of nitrogens with one attached hydrogen (secondary N) is 1. The zero-order valence-electron chi connectivity index (χ0n) is 22.1. The first kappa shape index (κ1) is 24.1. The van der Waals surface area contributed by atoms with Gasteiger partial charge in [0.2, 0.25) is 5.36 Å². The lowest BCUT2D eigenvalue weighted by Crippen LogP contribution is -2.47. The van der Waals surface area contributed by atoms with Gasteiger partial charge in [-0.1, -0.05) is 48.5 Å². The van der Waals surface area contributed by atoms with E-state index in [0.717, 1.165) is 35.4 Å². The van der Waals surface area contributed by atoms with Crippen LogP contribution in [0.1, 0.15) is 44.9 Å². The number of aromatic nitrogens is 2. The fraction of sp³-hybridized carbons (Fsp3) is 0.364. The van der Waals surface area contributed by atoms with Gasteiger partial charge in [-0.05, 0) is 105 Å². The Balaban J connectivity index is 1.41. The van der Waals surface area contributed by atoms with Crippen molar-refractivity contribution < 1.29 is 0 Å². The maximum Gasteiger partial charge on any atom is 0.289 e. The fourth-order valence-electron chi connectivity index (χ4n) is 8.15. The summed E-state index contributed by atoms with van der Waals surface area (Å²) in [5.41, 5.74) is 5.40. The van der Waals surface area contributed by atoms with E-state index in [4.69, 9.17) is 0 Å². The number of hydrogen-bond acceptors (Lipinski definition) is 4. The lowest BCUT2D eigenvalue weighted by atomic mass is 9.49. The summed E-state index contributed by atoms with van der Waals surface area (Å²) in [7, 11) is 0. The summed E-state index contributed by atoms with van der Waals surface area (Å²) < 4.78 is 3.45. The van der Waals surface area contributed by atoms with Crippen LogP contribution in [0.15, 0.2) is 99.6 Å². The predicted molar refractivity (Wildman–Crippen MR) is 155 cm³/mol. The molecule has 4 aromatic rings. The number of nitrogens with zero attached hydrogens (tertiary/aromatic N) is 3. The first-order valence-corrected chi connectivity index (χ1v) is 14.3. The molecule has 4 fully saturated rings. The minimum absolute atomic E-state index is 0.107. The summed E-state index contributed by atoms with van der Waals surface area (Å²) in [6, 6.07) is 26.7. The smallest absolute Gasteiger partial charge is 0.289 e. The van der Waals surface area contributed by atoms with Gasteiger partial charge in [0, 0.05) is 12.2 Å². The van der Waals surface area contributed by atoms with Crippen LogP contribution in [0.25, 0.3) is 16.7 Å². The van der Waals surface area contributed by atoms with Crippen molar-refractivity contribution in [3.8, 4) is 5.69 Å². The van der Waals surface area contributed by atoms with Crippen LogP contribution in [0.3, 0.4) is 0 Å². The molecule has 4 aliphatic rings. The summed E-state index contributed by atoms with van der Waals surface area (Å²) in [5, 5.41) is 4.34. The molecular formula is C33H34N4O2. The van der Waals surface area contributed by atoms with Crippen molar-refractivity contribution in [3.63, 3.8) is 0 Å². The Bertz CT molecular complexity index is 1670. The molecule has 1 heterocycles. The van der Waals surface area contributed by atoms with Gasteiger partial charge >= 0.3 is 0 Å². The van der Waals surface area contributed by atoms with E-state index in [0.29, 0.717) is 23.2 Å². The normalized spacial score (nSPS) is 25.7. The zero-order valence-corrected chi connectivity index (χ0v) is 22.1. The molecule has 1 N–H and O–H groups in total. The van der Waals surface area contributed by atoms with E-state index in [9.17, 15) is 9.59 Å². The third-order valence-electron chi connectivity index (χ3n) is 9.38. The lowest BCUT2D eigenvalue weighted by molar-refractivity contribution is -0.0591. The molecule has 0 spiro atoms. The van der Waals surface area contributed by atoms with Crippen LogP contribution in [0, 0.1) is 23.2 Å². The molecule has 0 unspecified atom stereocenters. The van der Waals surface area contributed by atoms with E-state index in [1.54, 1.807) is 4.57 Å². The molecule has 0 aliphatic heterocycles. The molecule has 4 aliphatic carbocycles. The summed E-state index contributed by atoms with van der Waals surface area (Å²) in [4.78, 5) is 28.4. The van der Waals surface area contributed by atoms with Crippen molar-refractivity contribution in [2.45, 2.75) is 51.5 Å². The molecule has 3 aromatic carbocycles. The molecule has 6 heteroatoms. The Kier molecular flexibility index (Phi) is 5.98. The molecule has 4 saturated carbocycles. The molecule has 39 heavy (non-hydrogen) atoms. The molecular weight excluding hydrogens is 484 g/mol. The number of aryl methyl sites for hydroxylation is 1. The van der Waals surface area contributed by atoms with E-state index >= 15 is 0 Å². The van der Waals surface area contributed by atoms with E-state index < -0.39 is 5.56 Å². The third kappa shape index (κ3) is 4.42. The number of rotatable bonds is 6. The van der Waals surface area contributed by atoms with Crippen LogP contribution >= 0.6 is 0 Å². The highest BCUT2D eigenvalue weighted by Gasteiger charge is 2.50. The Morgan fingerprint density at radius 3 is 1.92 bits per heavy atom. The minimum atomic E-state index is -0.431. The average Bonchev–Trinajstić information content (AvgIpc) is 3.03. The van der Waals surface area contributed by atoms with Crippen LogP contribution in [0.2, 0.25) is 0 Å². The molecule has 1 aromatic heterocycles. The molecule has 0 amide bonds. The van der Waals surface area contributed by atoms with Gasteiger partial charge in [0.25, 0.3) is 11.1 Å². The second-order valence-electron chi connectivity index (χ2n) is 12.0. The van der Waals surface area contributed by atoms with Crippen LogP contribution < -0.4 is 21.9 Å². The van der Waals surface area contributed by atoms with Crippen molar-refractivity contribution in [2.75, 3.05) is 5.43 Å². The van der Waals surface area contributed by atoms with Crippen LogP contribution in [0.4, 0.5) is 5.69 Å². The monoisotopic (exact) mass is 518 g/mol. The van der Waals surface area contributed by atoms with Crippen molar-refractivity contribution in [3.05, 3.63) is 111 Å². The Morgan fingerprint density at radius 2 is 1.28 bits per heavy atom. The van der Waals surface area contributed by atoms with Crippen molar-refractivity contribution in [1.29, 1.82) is 0 Å². The molecule has 198 valence electrons. The van der Waals surface area contributed by atoms with Gasteiger partial charge in [-0.25, -0.2) is 0 Å². The molecule has 6 nitrogen and oxygen atoms in total. The summed E-state index contributed by atoms with van der Waals surface area (Å²) in [6.07, 6.45) is 9.01. The van der Waals surface area contributed by atoms with Crippen molar-refractivity contribution in [2.24, 2.45) is 28.3 Å². The molecule has 0 saturated heterocycles. The standard InChI is InChI=1S/C33H34N4O2/c38-31-30(35-34-26-9-3-1-4-10-26)32(39)37(27-11-5-2-6-12-27)29-14-8-7-13-28(29)36(31)16-15-33-20-23-17-24(21-33)19-25(18-23)22-33/h1-14,23-25,34H,15-22H2/b35-30-. The quantitative estimate of drug-likeness (QED) is 0.334. The van der Waals surface area contributed by atoms with Gasteiger partial charge in [0.1, 0.15) is 0 Å². The molecule has 8 rings (SSSR count). The SMILES string of the molecule is O=c1/c(=N/Nc2ccccc2)c(=O)n(-c2ccccc2)c2ccccc2n1CCC12CC3CC(CC(C3)C1)C2. The van der Waals surface area contributed by atoms with Crippen molar-refractivity contribution in [1.82, 2.24) is 9.13 Å². The first-order chi connectivity index (χ1) is 19.1. The van der Waals surface area contributed by atoms with E-state index in [-0.39, 0.29) is 10.9 Å². The Morgan fingerprint density at radius 1 is 0.718 bits per heavy atom. The summed E-state index contributed by atoms with van der Waals surface area (Å²) in [6.45, 7) is 0.586. The zero-order chi connectivity index (χ0) is 26.4. The number of benzene rings is 3. The van der Waals surface area contributed by atoms with Gasteiger partial charge in [-0.2, -0.15) is 5.10 Å². The highest BCUT2D eigenvalue weighted by molar-refractivity contribution is 5.76. The lowest BCUT2D eigenvalue weighted by Gasteiger charge is -2.57. The average molecular weight is 519 g/mol. The van der Waals surface area contributed by atoms with Gasteiger partial charge in [0.05, 0.1) is 16.7 Å². The number of para-hydroxylation sites is 4. The molecule has 4 bridgehead atoms. The molecule has 0 atom stereocenters. The first-order valence-electron chi connectivity index (χ1n) is 14.3. The molecule has 0 radical (unpaired) electrons. The number of anilines is 1. The predicted octanol–water partition coefficient (Wildman–Crippen LogP) is 5.69. The van der Waals surface area contributed by atoms with Gasteiger partial charge < -0.3 is 4.57 Å². The van der Waals surface area contributed by atoms with Crippen molar-refractivity contribution >= 4 is 16.7 Å². The second-order valence-corrected chi connectivity index (χ2v) is 12.0. The number of hydrogen-bond donors (Lipinski definition) is 1. The summed E-state index contributed by atoms with van der Waals surface area (Å²) in [5.74, 6) is 2.56. The topological polar surface area (TPSA) is 68.4 Å². The van der Waals surface area contributed by atoms with Gasteiger partial charge in [-0.3, -0.25) is 19.6 Å². The largest absolute Gasteiger partial charge is 0.305 e. The third-order valence-corrected chi connectivity index (χ3v) is 9.38. The van der Waals surface area contributed by atoms with E-state index in [1.807, 2.05) is 89.5 Å². The maximum absolute atomic E-state index is 14.2. The highest BCUT2D eigenvalue weighted by atomic mass is 16.1. The summed E-state index contributed by atoms with van der Waals surface area (Å²) >= 11 is 0. The van der Waals surface area contributed by atoms with Gasteiger partial charge in [-0.15, -0.1) is 0 Å². The van der Waals surface area contributed by atoms with Crippen LogP contribution in [-0.2, 0) is 6.54 Å². The fourth-order valence-corrected chi connectivity index (χ4v) is 8.15. The maximum atomic E-state index is 14.2. The number of fused-ring (bicyclic) bond motifs is 1. The van der Waals surface area contributed by atoms with Crippen LogP contribution in [0.5, 0.6) is 0 Å².